The lowest BCUT2D eigenvalue weighted by Crippen LogP contribution is -2.47. The van der Waals surface area contributed by atoms with Gasteiger partial charge in [-0.1, -0.05) is 11.6 Å². The molecule has 1 rings (SSSR count). The maximum absolute atomic E-state index is 12.2. The van der Waals surface area contributed by atoms with Gasteiger partial charge in [-0.2, -0.15) is 11.8 Å². The van der Waals surface area contributed by atoms with E-state index in [0.717, 1.165) is 5.75 Å². The molecule has 0 aliphatic carbocycles. The predicted octanol–water partition coefficient (Wildman–Crippen LogP) is 3.12. The van der Waals surface area contributed by atoms with Crippen molar-refractivity contribution in [1.29, 1.82) is 0 Å². The zero-order valence-electron chi connectivity index (χ0n) is 13.5. The number of nitrogens with one attached hydrogen (secondary N) is 1. The summed E-state index contributed by atoms with van der Waals surface area (Å²) in [4.78, 5) is 12.2. The predicted molar refractivity (Wildman–Crippen MR) is 92.8 cm³/mol. The molecule has 0 bridgehead atoms. The monoisotopic (exact) mass is 345 g/mol. The first-order chi connectivity index (χ1) is 10.1. The number of halogens is 1. The second-order valence-corrected chi connectivity index (χ2v) is 7.73. The molecule has 2 N–H and O–H groups in total. The second-order valence-electron chi connectivity index (χ2n) is 6.19. The van der Waals surface area contributed by atoms with Crippen LogP contribution in [0.15, 0.2) is 24.3 Å². The first-order valence-corrected chi connectivity index (χ1v) is 8.66. The highest BCUT2D eigenvalue weighted by atomic mass is 35.5. The highest BCUT2D eigenvalue weighted by molar-refractivity contribution is 7.99. The van der Waals surface area contributed by atoms with Crippen LogP contribution in [0.3, 0.4) is 0 Å². The van der Waals surface area contributed by atoms with E-state index >= 15 is 0 Å². The first kappa shape index (κ1) is 19.1. The van der Waals surface area contributed by atoms with Crippen molar-refractivity contribution in [2.75, 3.05) is 18.1 Å². The molecule has 0 spiro atoms. The van der Waals surface area contributed by atoms with E-state index < -0.39 is 11.2 Å². The fourth-order valence-electron chi connectivity index (χ4n) is 1.62. The number of hydrogen-bond donors (Lipinski definition) is 2. The molecule has 0 aliphatic rings. The largest absolute Gasteiger partial charge is 0.478 e. The van der Waals surface area contributed by atoms with Crippen LogP contribution in [-0.4, -0.2) is 40.3 Å². The van der Waals surface area contributed by atoms with Gasteiger partial charge in [-0.25, -0.2) is 0 Å². The summed E-state index contributed by atoms with van der Waals surface area (Å²) in [5, 5.41) is 13.1. The standard InChI is InChI=1S/C16H24ClNO3S/c1-15(2,20)11-22-10-9-18-14(19)16(3,4)21-13-7-5-12(17)6-8-13/h5-8,20H,9-11H2,1-4H3,(H,18,19). The van der Waals surface area contributed by atoms with Crippen LogP contribution in [0.25, 0.3) is 0 Å². The molecular formula is C16H24ClNO3S. The summed E-state index contributed by atoms with van der Waals surface area (Å²) in [6, 6.07) is 6.91. The van der Waals surface area contributed by atoms with Gasteiger partial charge in [-0.05, 0) is 52.0 Å². The van der Waals surface area contributed by atoms with Crippen molar-refractivity contribution in [3.63, 3.8) is 0 Å². The van der Waals surface area contributed by atoms with Gasteiger partial charge in [-0.3, -0.25) is 4.79 Å². The maximum atomic E-state index is 12.2. The van der Waals surface area contributed by atoms with Crippen molar-refractivity contribution in [1.82, 2.24) is 5.32 Å². The first-order valence-electron chi connectivity index (χ1n) is 7.13. The lowest BCUT2D eigenvalue weighted by atomic mass is 10.1. The molecule has 0 radical (unpaired) electrons. The Kier molecular flexibility index (Phi) is 7.03. The van der Waals surface area contributed by atoms with E-state index in [4.69, 9.17) is 16.3 Å². The SMILES string of the molecule is CC(C)(O)CSCCNC(=O)C(C)(C)Oc1ccc(Cl)cc1. The van der Waals surface area contributed by atoms with Gasteiger partial charge >= 0.3 is 0 Å². The van der Waals surface area contributed by atoms with Crippen molar-refractivity contribution in [3.8, 4) is 5.75 Å². The zero-order valence-corrected chi connectivity index (χ0v) is 15.1. The van der Waals surface area contributed by atoms with Gasteiger partial charge in [0.25, 0.3) is 5.91 Å². The molecule has 0 heterocycles. The van der Waals surface area contributed by atoms with Crippen molar-refractivity contribution in [2.45, 2.75) is 38.9 Å². The summed E-state index contributed by atoms with van der Waals surface area (Å²) in [7, 11) is 0. The Morgan fingerprint density at radius 1 is 1.27 bits per heavy atom. The molecule has 22 heavy (non-hydrogen) atoms. The fraction of sp³-hybridized carbons (Fsp3) is 0.562. The van der Waals surface area contributed by atoms with E-state index in [0.29, 0.717) is 23.1 Å². The third-order valence-electron chi connectivity index (χ3n) is 2.72. The Balaban J connectivity index is 2.38. The third kappa shape index (κ3) is 7.38. The van der Waals surface area contributed by atoms with Crippen molar-refractivity contribution in [3.05, 3.63) is 29.3 Å². The Labute approximate surface area is 141 Å². The van der Waals surface area contributed by atoms with Crippen molar-refractivity contribution in [2.24, 2.45) is 0 Å². The second kappa shape index (κ2) is 8.09. The van der Waals surface area contributed by atoms with E-state index in [1.807, 2.05) is 0 Å². The van der Waals surface area contributed by atoms with Gasteiger partial charge in [0.2, 0.25) is 0 Å². The Morgan fingerprint density at radius 2 is 1.86 bits per heavy atom. The summed E-state index contributed by atoms with van der Waals surface area (Å²) >= 11 is 7.42. The van der Waals surface area contributed by atoms with E-state index in [9.17, 15) is 9.90 Å². The van der Waals surface area contributed by atoms with Crippen LogP contribution in [0.4, 0.5) is 0 Å². The van der Waals surface area contributed by atoms with Gasteiger partial charge in [0.05, 0.1) is 5.60 Å². The average molecular weight is 346 g/mol. The Hall–Kier alpha value is -0.910. The van der Waals surface area contributed by atoms with E-state index in [1.165, 1.54) is 0 Å². The maximum Gasteiger partial charge on any atom is 0.263 e. The number of benzene rings is 1. The summed E-state index contributed by atoms with van der Waals surface area (Å²) in [5.74, 6) is 1.80. The van der Waals surface area contributed by atoms with Crippen molar-refractivity contribution < 1.29 is 14.6 Å². The minimum atomic E-state index is -0.964. The van der Waals surface area contributed by atoms with Crippen LogP contribution >= 0.6 is 23.4 Å². The van der Waals surface area contributed by atoms with E-state index in [1.54, 1.807) is 63.7 Å². The molecule has 0 saturated heterocycles. The number of carbonyl (C=O) groups excluding carboxylic acids is 1. The smallest absolute Gasteiger partial charge is 0.263 e. The van der Waals surface area contributed by atoms with E-state index in [2.05, 4.69) is 5.32 Å². The molecule has 0 aromatic heterocycles. The molecule has 6 heteroatoms. The number of ether oxygens (including phenoxy) is 1. The lowest BCUT2D eigenvalue weighted by Gasteiger charge is -2.25. The minimum Gasteiger partial charge on any atom is -0.478 e. The number of hydrogen-bond acceptors (Lipinski definition) is 4. The van der Waals surface area contributed by atoms with Crippen LogP contribution in [0.2, 0.25) is 5.02 Å². The minimum absolute atomic E-state index is 0.175. The molecule has 0 saturated carbocycles. The number of amides is 1. The van der Waals surface area contributed by atoms with Gasteiger partial charge < -0.3 is 15.2 Å². The average Bonchev–Trinajstić information content (AvgIpc) is 2.39. The van der Waals surface area contributed by atoms with Crippen LogP contribution in [0.5, 0.6) is 5.75 Å². The molecule has 0 unspecified atom stereocenters. The summed E-state index contributed by atoms with van der Waals surface area (Å²) in [6.07, 6.45) is 0. The number of thioether (sulfide) groups is 1. The lowest BCUT2D eigenvalue weighted by molar-refractivity contribution is -0.134. The highest BCUT2D eigenvalue weighted by Gasteiger charge is 2.29. The van der Waals surface area contributed by atoms with E-state index in [-0.39, 0.29) is 5.91 Å². The van der Waals surface area contributed by atoms with Gasteiger partial charge in [0.15, 0.2) is 5.60 Å². The summed E-state index contributed by atoms with van der Waals surface area (Å²) in [5.41, 5.74) is -1.65. The highest BCUT2D eigenvalue weighted by Crippen LogP contribution is 2.21. The van der Waals surface area contributed by atoms with Gasteiger partial charge in [-0.15, -0.1) is 0 Å². The van der Waals surface area contributed by atoms with Gasteiger partial charge in [0.1, 0.15) is 5.75 Å². The number of carbonyl (C=O) groups is 1. The van der Waals surface area contributed by atoms with Gasteiger partial charge in [0, 0.05) is 23.1 Å². The van der Waals surface area contributed by atoms with Crippen molar-refractivity contribution >= 4 is 29.3 Å². The Bertz CT molecular complexity index is 483. The zero-order chi connectivity index (χ0) is 16.8. The fourth-order valence-corrected chi connectivity index (χ4v) is 2.63. The molecule has 1 aromatic rings. The molecule has 124 valence electrons. The normalized spacial score (nSPS) is 12.1. The molecule has 0 atom stereocenters. The molecular weight excluding hydrogens is 322 g/mol. The topological polar surface area (TPSA) is 58.6 Å². The van der Waals surface area contributed by atoms with Crippen LogP contribution in [0.1, 0.15) is 27.7 Å². The third-order valence-corrected chi connectivity index (χ3v) is 4.38. The molecule has 0 aliphatic heterocycles. The molecule has 0 fully saturated rings. The molecule has 4 nitrogen and oxygen atoms in total. The van der Waals surface area contributed by atoms with Crippen LogP contribution in [-0.2, 0) is 4.79 Å². The quantitative estimate of drug-likeness (QED) is 0.711. The number of rotatable bonds is 8. The summed E-state index contributed by atoms with van der Waals surface area (Å²) < 4.78 is 5.71. The number of aliphatic hydroxyl groups is 1. The molecule has 1 amide bonds. The Morgan fingerprint density at radius 3 is 2.41 bits per heavy atom. The van der Waals surface area contributed by atoms with Crippen LogP contribution < -0.4 is 10.1 Å². The summed E-state index contributed by atoms with van der Waals surface area (Å²) in [6.45, 7) is 7.51. The molecule has 1 aromatic carbocycles. The van der Waals surface area contributed by atoms with Crippen LogP contribution in [0, 0.1) is 0 Å².